The third-order valence-electron chi connectivity index (χ3n) is 5.84. The second-order valence-corrected chi connectivity index (χ2v) is 8.99. The molecule has 2 heterocycles. The minimum absolute atomic E-state index is 0.0792. The first-order valence-corrected chi connectivity index (χ1v) is 11.7. The van der Waals surface area contributed by atoms with Crippen molar-refractivity contribution in [1.29, 1.82) is 0 Å². The van der Waals surface area contributed by atoms with Gasteiger partial charge in [0.05, 0.1) is 13.2 Å². The molecule has 2 aliphatic heterocycles. The van der Waals surface area contributed by atoms with Crippen LogP contribution in [-0.2, 0) is 16.0 Å². The predicted molar refractivity (Wildman–Crippen MR) is 122 cm³/mol. The van der Waals surface area contributed by atoms with Crippen LogP contribution >= 0.6 is 0 Å². The standard InChI is InChI=1S/C24H37N3O4/c1-18(2)17-31-24(29)25-19-11-14-27(15-12-19)13-4-3-5-16-30-22-8-6-7-21-20(22)9-10-23(28)26-21/h6-8,18-19H,3-5,9-17H2,1-2H3,(H,25,29)(H,26,28). The van der Waals surface area contributed by atoms with E-state index < -0.39 is 0 Å². The molecule has 0 radical (unpaired) electrons. The molecule has 0 aromatic heterocycles. The molecule has 0 spiro atoms. The Kier molecular flexibility index (Phi) is 9.00. The molecule has 7 nitrogen and oxygen atoms in total. The van der Waals surface area contributed by atoms with Crippen molar-refractivity contribution in [3.63, 3.8) is 0 Å². The van der Waals surface area contributed by atoms with Gasteiger partial charge in [-0.1, -0.05) is 19.9 Å². The summed E-state index contributed by atoms with van der Waals surface area (Å²) < 4.78 is 11.2. The number of anilines is 1. The van der Waals surface area contributed by atoms with Gasteiger partial charge in [-0.15, -0.1) is 0 Å². The fraction of sp³-hybridized carbons (Fsp3) is 0.667. The van der Waals surface area contributed by atoms with Gasteiger partial charge in [-0.25, -0.2) is 4.79 Å². The summed E-state index contributed by atoms with van der Waals surface area (Å²) >= 11 is 0. The van der Waals surface area contributed by atoms with Gasteiger partial charge in [-0.05, 0) is 63.1 Å². The van der Waals surface area contributed by atoms with Crippen molar-refractivity contribution >= 4 is 17.7 Å². The summed E-state index contributed by atoms with van der Waals surface area (Å²) in [6, 6.07) is 6.09. The number of nitrogens with one attached hydrogen (secondary N) is 2. The van der Waals surface area contributed by atoms with Crippen LogP contribution in [0.4, 0.5) is 10.5 Å². The summed E-state index contributed by atoms with van der Waals surface area (Å²) in [5.41, 5.74) is 2.01. The number of nitrogens with zero attached hydrogens (tertiary/aromatic N) is 1. The Morgan fingerprint density at radius 3 is 2.77 bits per heavy atom. The highest BCUT2D eigenvalue weighted by Gasteiger charge is 2.21. The summed E-state index contributed by atoms with van der Waals surface area (Å²) in [6.07, 6.45) is 6.26. The number of hydrogen-bond donors (Lipinski definition) is 2. The van der Waals surface area contributed by atoms with E-state index in [-0.39, 0.29) is 18.0 Å². The Balaban J connectivity index is 1.25. The molecule has 1 saturated heterocycles. The van der Waals surface area contributed by atoms with Gasteiger partial charge in [0, 0.05) is 36.8 Å². The van der Waals surface area contributed by atoms with E-state index in [1.54, 1.807) is 0 Å². The lowest BCUT2D eigenvalue weighted by atomic mass is 10.0. The smallest absolute Gasteiger partial charge is 0.407 e. The molecule has 31 heavy (non-hydrogen) atoms. The summed E-state index contributed by atoms with van der Waals surface area (Å²) in [6.45, 7) is 8.38. The van der Waals surface area contributed by atoms with Crippen molar-refractivity contribution in [1.82, 2.24) is 10.2 Å². The van der Waals surface area contributed by atoms with E-state index in [0.29, 0.717) is 25.6 Å². The molecule has 172 valence electrons. The Morgan fingerprint density at radius 1 is 1.19 bits per heavy atom. The van der Waals surface area contributed by atoms with Crippen LogP contribution in [0.5, 0.6) is 5.75 Å². The normalized spacial score (nSPS) is 17.2. The quantitative estimate of drug-likeness (QED) is 0.548. The van der Waals surface area contributed by atoms with Crippen molar-refractivity contribution in [2.45, 2.75) is 64.8 Å². The molecule has 2 N–H and O–H groups in total. The van der Waals surface area contributed by atoms with Gasteiger partial charge in [-0.3, -0.25) is 4.79 Å². The average molecular weight is 432 g/mol. The zero-order valence-electron chi connectivity index (χ0n) is 19.0. The number of carbonyl (C=O) groups is 2. The van der Waals surface area contributed by atoms with Gasteiger partial charge in [0.15, 0.2) is 0 Å². The van der Waals surface area contributed by atoms with Gasteiger partial charge in [-0.2, -0.15) is 0 Å². The summed E-state index contributed by atoms with van der Waals surface area (Å²) in [5, 5.41) is 5.91. The molecule has 7 heteroatoms. The van der Waals surface area contributed by atoms with Crippen molar-refractivity contribution in [3.8, 4) is 5.75 Å². The SMILES string of the molecule is CC(C)COC(=O)NC1CCN(CCCCCOc2cccc3c2CCC(=O)N3)CC1. The highest BCUT2D eigenvalue weighted by Crippen LogP contribution is 2.31. The Hall–Kier alpha value is -2.28. The maximum absolute atomic E-state index is 11.8. The van der Waals surface area contributed by atoms with Crippen LogP contribution in [0.25, 0.3) is 0 Å². The molecule has 2 amide bonds. The van der Waals surface area contributed by atoms with Crippen LogP contribution in [0.15, 0.2) is 18.2 Å². The number of amides is 2. The van der Waals surface area contributed by atoms with E-state index in [9.17, 15) is 9.59 Å². The number of ether oxygens (including phenoxy) is 2. The molecule has 1 aromatic carbocycles. The van der Waals surface area contributed by atoms with E-state index in [4.69, 9.17) is 9.47 Å². The van der Waals surface area contributed by atoms with Crippen LogP contribution in [0.1, 0.15) is 57.9 Å². The van der Waals surface area contributed by atoms with Crippen LogP contribution in [-0.4, -0.2) is 55.8 Å². The molecular formula is C24H37N3O4. The van der Waals surface area contributed by atoms with Crippen molar-refractivity contribution in [2.75, 3.05) is 38.2 Å². The maximum atomic E-state index is 11.8. The molecule has 0 bridgehead atoms. The molecule has 3 rings (SSSR count). The number of alkyl carbamates (subject to hydrolysis) is 1. The lowest BCUT2D eigenvalue weighted by Crippen LogP contribution is -2.45. The molecular weight excluding hydrogens is 394 g/mol. The van der Waals surface area contributed by atoms with E-state index >= 15 is 0 Å². The third-order valence-corrected chi connectivity index (χ3v) is 5.84. The Morgan fingerprint density at radius 2 is 2.00 bits per heavy atom. The number of fused-ring (bicyclic) bond motifs is 1. The van der Waals surface area contributed by atoms with Crippen molar-refractivity contribution in [2.24, 2.45) is 5.92 Å². The zero-order valence-corrected chi connectivity index (χ0v) is 19.0. The number of rotatable bonds is 10. The minimum Gasteiger partial charge on any atom is -0.493 e. The predicted octanol–water partition coefficient (Wildman–Crippen LogP) is 3.97. The first-order chi connectivity index (χ1) is 15.0. The lowest BCUT2D eigenvalue weighted by Gasteiger charge is -2.32. The summed E-state index contributed by atoms with van der Waals surface area (Å²) in [5.74, 6) is 1.34. The fourth-order valence-corrected chi connectivity index (χ4v) is 4.08. The first-order valence-electron chi connectivity index (χ1n) is 11.7. The Labute approximate surface area is 185 Å². The van der Waals surface area contributed by atoms with Gasteiger partial charge in [0.1, 0.15) is 5.75 Å². The first kappa shape index (κ1) is 23.4. The number of piperidine rings is 1. The number of unbranched alkanes of at least 4 members (excludes halogenated alkanes) is 2. The van der Waals surface area contributed by atoms with Crippen molar-refractivity contribution in [3.05, 3.63) is 23.8 Å². The van der Waals surface area contributed by atoms with E-state index in [1.165, 1.54) is 0 Å². The molecule has 0 atom stereocenters. The van der Waals surface area contributed by atoms with Gasteiger partial charge in [0.2, 0.25) is 5.91 Å². The van der Waals surface area contributed by atoms with Gasteiger partial charge < -0.3 is 25.0 Å². The second kappa shape index (κ2) is 11.9. The molecule has 1 aromatic rings. The molecule has 1 fully saturated rings. The monoisotopic (exact) mass is 431 g/mol. The number of hydrogen-bond acceptors (Lipinski definition) is 5. The molecule has 0 saturated carbocycles. The second-order valence-electron chi connectivity index (χ2n) is 8.99. The largest absolute Gasteiger partial charge is 0.493 e. The van der Waals surface area contributed by atoms with E-state index in [0.717, 1.165) is 75.2 Å². The molecule has 0 unspecified atom stereocenters. The van der Waals surface area contributed by atoms with Crippen LogP contribution in [0.2, 0.25) is 0 Å². The fourth-order valence-electron chi connectivity index (χ4n) is 4.08. The van der Waals surface area contributed by atoms with Gasteiger partial charge in [0.25, 0.3) is 0 Å². The number of carbonyl (C=O) groups excluding carboxylic acids is 2. The average Bonchev–Trinajstić information content (AvgIpc) is 2.75. The topological polar surface area (TPSA) is 79.9 Å². The molecule has 2 aliphatic rings. The minimum atomic E-state index is -0.283. The van der Waals surface area contributed by atoms with Crippen LogP contribution in [0.3, 0.4) is 0 Å². The third kappa shape index (κ3) is 7.73. The highest BCUT2D eigenvalue weighted by atomic mass is 16.5. The van der Waals surface area contributed by atoms with Crippen LogP contribution in [0, 0.1) is 5.92 Å². The van der Waals surface area contributed by atoms with Crippen LogP contribution < -0.4 is 15.4 Å². The van der Waals surface area contributed by atoms with E-state index in [2.05, 4.69) is 15.5 Å². The summed E-state index contributed by atoms with van der Waals surface area (Å²) in [7, 11) is 0. The number of likely N-dealkylation sites (tertiary alicyclic amines) is 1. The van der Waals surface area contributed by atoms with Crippen molar-refractivity contribution < 1.29 is 19.1 Å². The van der Waals surface area contributed by atoms with Gasteiger partial charge >= 0.3 is 6.09 Å². The number of benzene rings is 1. The maximum Gasteiger partial charge on any atom is 0.407 e. The molecule has 0 aliphatic carbocycles. The lowest BCUT2D eigenvalue weighted by molar-refractivity contribution is -0.116. The summed E-state index contributed by atoms with van der Waals surface area (Å²) in [4.78, 5) is 25.8. The van der Waals surface area contributed by atoms with E-state index in [1.807, 2.05) is 32.0 Å². The zero-order chi connectivity index (χ0) is 22.1. The highest BCUT2D eigenvalue weighted by molar-refractivity contribution is 5.94. The Bertz CT molecular complexity index is 730.